The molecule has 1 fully saturated rings. The van der Waals surface area contributed by atoms with E-state index in [9.17, 15) is 13.2 Å². The number of hydrogen-bond acceptors (Lipinski definition) is 4. The molecule has 1 atom stereocenters. The van der Waals surface area contributed by atoms with E-state index in [-0.39, 0.29) is 17.7 Å². The van der Waals surface area contributed by atoms with Gasteiger partial charge >= 0.3 is 0 Å². The van der Waals surface area contributed by atoms with Crippen molar-refractivity contribution in [3.63, 3.8) is 0 Å². The predicted octanol–water partition coefficient (Wildman–Crippen LogP) is 0.773. The summed E-state index contributed by atoms with van der Waals surface area (Å²) in [6.07, 6.45) is 2.54. The van der Waals surface area contributed by atoms with E-state index in [1.807, 2.05) is 12.1 Å². The van der Waals surface area contributed by atoms with Gasteiger partial charge in [-0.25, -0.2) is 8.42 Å². The summed E-state index contributed by atoms with van der Waals surface area (Å²) >= 11 is 0. The third-order valence-corrected chi connectivity index (χ3v) is 5.51. The average Bonchev–Trinajstić information content (AvgIpc) is 3.17. The zero-order valence-electron chi connectivity index (χ0n) is 11.1. The molecular weight excluding hydrogens is 276 g/mol. The Morgan fingerprint density at radius 1 is 1.25 bits per heavy atom. The Morgan fingerprint density at radius 2 is 2.00 bits per heavy atom. The molecule has 0 aromatic heterocycles. The second kappa shape index (κ2) is 5.18. The minimum Gasteiger partial charge on any atom is -0.353 e. The Kier molecular flexibility index (Phi) is 3.52. The van der Waals surface area contributed by atoms with E-state index in [4.69, 9.17) is 0 Å². The standard InChI is InChI=1S/C14H18N2O3S/c17-14(16-10-5-6-10)7-8-15-12-9-20(18,19)13-4-2-1-3-11(12)13/h1-4,10,12,15H,5-9H2,(H,16,17). The molecule has 0 bridgehead atoms. The second-order valence-corrected chi connectivity index (χ2v) is 7.42. The third-order valence-electron chi connectivity index (χ3n) is 3.70. The van der Waals surface area contributed by atoms with Gasteiger partial charge in [-0.2, -0.15) is 0 Å². The molecule has 1 heterocycles. The van der Waals surface area contributed by atoms with E-state index in [0.29, 0.717) is 23.9 Å². The van der Waals surface area contributed by atoms with Crippen molar-refractivity contribution in [3.8, 4) is 0 Å². The average molecular weight is 294 g/mol. The van der Waals surface area contributed by atoms with Crippen LogP contribution >= 0.6 is 0 Å². The molecule has 1 amide bonds. The Balaban J connectivity index is 1.57. The number of benzene rings is 1. The maximum atomic E-state index is 12.0. The molecule has 1 aromatic rings. The van der Waals surface area contributed by atoms with Gasteiger partial charge in [-0.1, -0.05) is 18.2 Å². The normalized spacial score (nSPS) is 23.3. The van der Waals surface area contributed by atoms with Crippen LogP contribution in [0.4, 0.5) is 0 Å². The highest BCUT2D eigenvalue weighted by Crippen LogP contribution is 2.32. The van der Waals surface area contributed by atoms with Crippen molar-refractivity contribution in [1.29, 1.82) is 0 Å². The molecule has 1 unspecified atom stereocenters. The maximum absolute atomic E-state index is 12.0. The van der Waals surface area contributed by atoms with Gasteiger partial charge in [-0.15, -0.1) is 0 Å². The first-order chi connectivity index (χ1) is 9.56. The Bertz CT molecular complexity index is 623. The lowest BCUT2D eigenvalue weighted by Gasteiger charge is -2.12. The SMILES string of the molecule is O=C(CCNC1CS(=O)(=O)c2ccccc21)NC1CC1. The molecule has 3 rings (SSSR count). The quantitative estimate of drug-likeness (QED) is 0.841. The van der Waals surface area contributed by atoms with Gasteiger partial charge in [-0.05, 0) is 24.5 Å². The highest BCUT2D eigenvalue weighted by atomic mass is 32.2. The first kappa shape index (κ1) is 13.6. The highest BCUT2D eigenvalue weighted by molar-refractivity contribution is 7.91. The summed E-state index contributed by atoms with van der Waals surface area (Å²) < 4.78 is 24.0. The van der Waals surface area contributed by atoms with Gasteiger partial charge in [0.1, 0.15) is 0 Å². The molecule has 0 spiro atoms. The van der Waals surface area contributed by atoms with Crippen LogP contribution in [-0.2, 0) is 14.6 Å². The van der Waals surface area contributed by atoms with E-state index >= 15 is 0 Å². The van der Waals surface area contributed by atoms with Gasteiger partial charge in [0.15, 0.2) is 9.84 Å². The summed E-state index contributed by atoms with van der Waals surface area (Å²) in [6.45, 7) is 0.493. The van der Waals surface area contributed by atoms with Crippen molar-refractivity contribution in [3.05, 3.63) is 29.8 Å². The molecule has 2 N–H and O–H groups in total. The van der Waals surface area contributed by atoms with Crippen molar-refractivity contribution in [2.45, 2.75) is 36.2 Å². The number of fused-ring (bicyclic) bond motifs is 1. The number of rotatable bonds is 5. The maximum Gasteiger partial charge on any atom is 0.221 e. The van der Waals surface area contributed by atoms with Gasteiger partial charge in [0.25, 0.3) is 0 Å². The molecule has 0 saturated heterocycles. The summed E-state index contributed by atoms with van der Waals surface area (Å²) in [5.74, 6) is 0.116. The molecule has 0 radical (unpaired) electrons. The van der Waals surface area contributed by atoms with Gasteiger partial charge in [0.2, 0.25) is 5.91 Å². The van der Waals surface area contributed by atoms with Crippen molar-refractivity contribution in [2.75, 3.05) is 12.3 Å². The van der Waals surface area contributed by atoms with Gasteiger partial charge in [-0.3, -0.25) is 4.79 Å². The number of carbonyl (C=O) groups excluding carboxylic acids is 1. The number of carbonyl (C=O) groups is 1. The van der Waals surface area contributed by atoms with E-state index in [1.54, 1.807) is 12.1 Å². The fourth-order valence-electron chi connectivity index (χ4n) is 2.51. The van der Waals surface area contributed by atoms with Crippen LogP contribution in [-0.4, -0.2) is 32.7 Å². The van der Waals surface area contributed by atoms with Crippen LogP contribution in [0.15, 0.2) is 29.2 Å². The van der Waals surface area contributed by atoms with Crippen molar-refractivity contribution < 1.29 is 13.2 Å². The van der Waals surface area contributed by atoms with Crippen LogP contribution in [0, 0.1) is 0 Å². The van der Waals surface area contributed by atoms with Crippen LogP contribution < -0.4 is 10.6 Å². The third kappa shape index (κ3) is 2.86. The van der Waals surface area contributed by atoms with Crippen LogP contribution in [0.3, 0.4) is 0 Å². The lowest BCUT2D eigenvalue weighted by molar-refractivity contribution is -0.121. The highest BCUT2D eigenvalue weighted by Gasteiger charge is 2.33. The predicted molar refractivity (Wildman–Crippen MR) is 75.0 cm³/mol. The monoisotopic (exact) mass is 294 g/mol. The van der Waals surface area contributed by atoms with Crippen molar-refractivity contribution >= 4 is 15.7 Å². The number of hydrogen-bond donors (Lipinski definition) is 2. The molecule has 1 saturated carbocycles. The topological polar surface area (TPSA) is 75.3 Å². The lowest BCUT2D eigenvalue weighted by Crippen LogP contribution is -2.31. The molecule has 5 nitrogen and oxygen atoms in total. The summed E-state index contributed by atoms with van der Waals surface area (Å²) in [5, 5.41) is 6.10. The number of sulfone groups is 1. The van der Waals surface area contributed by atoms with Crippen molar-refractivity contribution in [1.82, 2.24) is 10.6 Å². The number of nitrogens with one attached hydrogen (secondary N) is 2. The van der Waals surface area contributed by atoms with Crippen LogP contribution in [0.2, 0.25) is 0 Å². The minimum atomic E-state index is -3.18. The summed E-state index contributed by atoms with van der Waals surface area (Å²) in [4.78, 5) is 12.0. The fourth-order valence-corrected chi connectivity index (χ4v) is 4.28. The molecule has 1 aliphatic carbocycles. The largest absolute Gasteiger partial charge is 0.353 e. The smallest absolute Gasteiger partial charge is 0.221 e. The molecular formula is C14H18N2O3S. The molecule has 2 aliphatic rings. The van der Waals surface area contributed by atoms with Gasteiger partial charge in [0.05, 0.1) is 10.6 Å². The van der Waals surface area contributed by atoms with E-state index in [2.05, 4.69) is 10.6 Å². The summed E-state index contributed by atoms with van der Waals surface area (Å²) in [6, 6.07) is 7.23. The van der Waals surface area contributed by atoms with Gasteiger partial charge < -0.3 is 10.6 Å². The molecule has 6 heteroatoms. The van der Waals surface area contributed by atoms with Crippen LogP contribution in [0.5, 0.6) is 0 Å². The summed E-state index contributed by atoms with van der Waals surface area (Å²) in [5.41, 5.74) is 0.815. The zero-order chi connectivity index (χ0) is 14.2. The zero-order valence-corrected chi connectivity index (χ0v) is 11.9. The Hall–Kier alpha value is -1.40. The van der Waals surface area contributed by atoms with Gasteiger partial charge in [0, 0.05) is 25.0 Å². The van der Waals surface area contributed by atoms with Crippen molar-refractivity contribution in [2.24, 2.45) is 0 Å². The summed E-state index contributed by atoms with van der Waals surface area (Å²) in [7, 11) is -3.18. The van der Waals surface area contributed by atoms with Crippen LogP contribution in [0.25, 0.3) is 0 Å². The molecule has 1 aliphatic heterocycles. The van der Waals surface area contributed by atoms with E-state index in [1.165, 1.54) is 0 Å². The molecule has 1 aromatic carbocycles. The Labute approximate surface area is 118 Å². The lowest BCUT2D eigenvalue weighted by atomic mass is 10.1. The minimum absolute atomic E-state index is 0.0362. The van der Waals surface area contributed by atoms with E-state index in [0.717, 1.165) is 18.4 Å². The molecule has 108 valence electrons. The fraction of sp³-hybridized carbons (Fsp3) is 0.500. The molecule has 20 heavy (non-hydrogen) atoms. The number of amides is 1. The van der Waals surface area contributed by atoms with Crippen LogP contribution in [0.1, 0.15) is 30.9 Å². The Morgan fingerprint density at radius 3 is 2.75 bits per heavy atom. The first-order valence-electron chi connectivity index (χ1n) is 6.91. The second-order valence-electron chi connectivity index (χ2n) is 5.42. The first-order valence-corrected chi connectivity index (χ1v) is 8.56. The van der Waals surface area contributed by atoms with E-state index < -0.39 is 9.84 Å².